The van der Waals surface area contributed by atoms with Gasteiger partial charge in [-0.25, -0.2) is 4.79 Å². The van der Waals surface area contributed by atoms with Crippen LogP contribution in [-0.2, 0) is 12.1 Å². The normalized spacial score (nSPS) is 21.4. The van der Waals surface area contributed by atoms with Gasteiger partial charge in [0.2, 0.25) is 0 Å². The number of rotatable bonds is 5. The molecule has 2 saturated heterocycles. The summed E-state index contributed by atoms with van der Waals surface area (Å²) in [5.74, 6) is 1.56. The molecular weight excluding hydrogens is 414 g/mol. The van der Waals surface area contributed by atoms with Gasteiger partial charge in [-0.05, 0) is 44.2 Å². The smallest absolute Gasteiger partial charge is 0.344 e. The van der Waals surface area contributed by atoms with Gasteiger partial charge < -0.3 is 15.3 Å². The minimum atomic E-state index is -0.971. The van der Waals surface area contributed by atoms with E-state index in [0.717, 1.165) is 49.5 Å². The van der Waals surface area contributed by atoms with Crippen molar-refractivity contribution in [2.75, 3.05) is 31.5 Å². The molecule has 2 atom stereocenters. The lowest BCUT2D eigenvalue weighted by molar-refractivity contribution is 0.0785. The number of carbonyl (C=O) groups excluding carboxylic acids is 1. The summed E-state index contributed by atoms with van der Waals surface area (Å²) in [6.07, 6.45) is 1.69. The number of aromatic nitrogens is 2. The van der Waals surface area contributed by atoms with Gasteiger partial charge in [-0.1, -0.05) is 30.3 Å². The van der Waals surface area contributed by atoms with Gasteiger partial charge in [-0.3, -0.25) is 4.90 Å². The zero-order chi connectivity index (χ0) is 22.3. The quantitative estimate of drug-likeness (QED) is 0.736. The minimum Gasteiger partial charge on any atom is -0.386 e. The lowest BCUT2D eigenvalue weighted by Crippen LogP contribution is -2.36. The number of hydrogen-bond donors (Lipinski definition) is 2. The SMILES string of the molecule is C=C(C)Nc1ccn(C(=O)N2CC3CN(Cc4ccc(Cl)c(C(C)(C)O)c4)CC3C2)n1. The van der Waals surface area contributed by atoms with E-state index >= 15 is 0 Å². The van der Waals surface area contributed by atoms with Crippen LogP contribution in [0, 0.1) is 11.8 Å². The highest BCUT2D eigenvalue weighted by Crippen LogP contribution is 2.33. The predicted molar refractivity (Wildman–Crippen MR) is 122 cm³/mol. The van der Waals surface area contributed by atoms with Crippen LogP contribution >= 0.6 is 11.6 Å². The van der Waals surface area contributed by atoms with Crippen molar-refractivity contribution < 1.29 is 9.90 Å². The Bertz CT molecular complexity index is 982. The van der Waals surface area contributed by atoms with Crippen molar-refractivity contribution in [1.29, 1.82) is 0 Å². The molecule has 4 rings (SSSR count). The van der Waals surface area contributed by atoms with Gasteiger partial charge in [-0.15, -0.1) is 5.10 Å². The average Bonchev–Trinajstić information content (AvgIpc) is 3.36. The molecule has 2 aliphatic rings. The molecule has 0 spiro atoms. The van der Waals surface area contributed by atoms with E-state index in [9.17, 15) is 9.90 Å². The molecule has 1 aromatic carbocycles. The van der Waals surface area contributed by atoms with Crippen LogP contribution in [0.15, 0.2) is 42.7 Å². The molecule has 1 aromatic heterocycles. The van der Waals surface area contributed by atoms with Crippen molar-refractivity contribution >= 4 is 23.4 Å². The monoisotopic (exact) mass is 443 g/mol. The molecule has 2 aliphatic heterocycles. The first-order valence-electron chi connectivity index (χ1n) is 10.6. The molecule has 2 fully saturated rings. The summed E-state index contributed by atoms with van der Waals surface area (Å²) in [5.41, 5.74) is 1.71. The highest BCUT2D eigenvalue weighted by molar-refractivity contribution is 6.31. The van der Waals surface area contributed by atoms with Crippen LogP contribution in [0.2, 0.25) is 5.02 Å². The number of fused-ring (bicyclic) bond motifs is 1. The molecule has 166 valence electrons. The predicted octanol–water partition coefficient (Wildman–Crippen LogP) is 3.74. The molecule has 3 heterocycles. The summed E-state index contributed by atoms with van der Waals surface area (Å²) in [6.45, 7) is 13.4. The van der Waals surface area contributed by atoms with E-state index in [1.807, 2.05) is 30.0 Å². The van der Waals surface area contributed by atoms with Gasteiger partial charge in [0.05, 0.1) is 5.60 Å². The van der Waals surface area contributed by atoms with Crippen LogP contribution in [0.3, 0.4) is 0 Å². The second-order valence-electron chi connectivity index (χ2n) is 9.33. The summed E-state index contributed by atoms with van der Waals surface area (Å²) >= 11 is 6.27. The summed E-state index contributed by atoms with van der Waals surface area (Å²) in [6, 6.07) is 7.58. The lowest BCUT2D eigenvalue weighted by atomic mass is 9.96. The molecule has 2 unspecified atom stereocenters. The van der Waals surface area contributed by atoms with Crippen molar-refractivity contribution in [3.8, 4) is 0 Å². The number of carbonyl (C=O) groups is 1. The third kappa shape index (κ3) is 4.79. The molecule has 0 aliphatic carbocycles. The number of likely N-dealkylation sites (tertiary alicyclic amines) is 2. The fourth-order valence-corrected chi connectivity index (χ4v) is 4.98. The number of allylic oxidation sites excluding steroid dienone is 1. The fraction of sp³-hybridized carbons (Fsp3) is 0.478. The fourth-order valence-electron chi connectivity index (χ4n) is 4.63. The minimum absolute atomic E-state index is 0.0803. The summed E-state index contributed by atoms with van der Waals surface area (Å²) in [5, 5.41) is 18.3. The number of aliphatic hydroxyl groups is 1. The van der Waals surface area contributed by atoms with Crippen molar-refractivity contribution in [2.24, 2.45) is 11.8 Å². The highest BCUT2D eigenvalue weighted by Gasteiger charge is 2.42. The molecule has 7 nitrogen and oxygen atoms in total. The molecule has 31 heavy (non-hydrogen) atoms. The van der Waals surface area contributed by atoms with Gasteiger partial charge in [-0.2, -0.15) is 4.68 Å². The Balaban J connectivity index is 1.35. The first-order valence-corrected chi connectivity index (χ1v) is 11.0. The molecule has 2 aromatic rings. The molecule has 2 N–H and O–H groups in total. The van der Waals surface area contributed by atoms with E-state index in [1.54, 1.807) is 26.1 Å². The number of amides is 1. The summed E-state index contributed by atoms with van der Waals surface area (Å²) in [4.78, 5) is 17.2. The number of hydrogen-bond acceptors (Lipinski definition) is 5. The molecule has 0 bridgehead atoms. The van der Waals surface area contributed by atoms with Crippen molar-refractivity contribution in [3.05, 3.63) is 58.9 Å². The first kappa shape index (κ1) is 21.9. The molecule has 0 saturated carbocycles. The second kappa shape index (κ2) is 8.30. The Labute approximate surface area is 188 Å². The second-order valence-corrected chi connectivity index (χ2v) is 9.73. The van der Waals surface area contributed by atoms with Gasteiger partial charge in [0.25, 0.3) is 0 Å². The topological polar surface area (TPSA) is 73.6 Å². The standard InChI is InChI=1S/C23H30ClN5O2/c1-15(2)25-21-7-8-29(26-21)22(30)28-13-17-11-27(12-18(17)14-28)10-16-5-6-20(24)19(9-16)23(3,4)31/h5-9,17-18,31H,1,10-14H2,2-4H3,(H,25,26). The lowest BCUT2D eigenvalue weighted by Gasteiger charge is -2.23. The van der Waals surface area contributed by atoms with Gasteiger partial charge in [0, 0.05) is 61.3 Å². The first-order chi connectivity index (χ1) is 14.6. The molecule has 8 heteroatoms. The van der Waals surface area contributed by atoms with Crippen molar-refractivity contribution in [2.45, 2.75) is 32.9 Å². The van der Waals surface area contributed by atoms with Crippen molar-refractivity contribution in [3.63, 3.8) is 0 Å². The summed E-state index contributed by atoms with van der Waals surface area (Å²) in [7, 11) is 0. The van der Waals surface area contributed by atoms with Crippen LogP contribution in [0.4, 0.5) is 10.6 Å². The van der Waals surface area contributed by atoms with E-state index in [1.165, 1.54) is 4.68 Å². The molecule has 0 radical (unpaired) electrons. The van der Waals surface area contributed by atoms with Gasteiger partial charge >= 0.3 is 6.03 Å². The number of benzene rings is 1. The number of anilines is 1. The molecular formula is C23H30ClN5O2. The Morgan fingerprint density at radius 1 is 1.26 bits per heavy atom. The van der Waals surface area contributed by atoms with Crippen LogP contribution in [-0.4, -0.2) is 56.9 Å². The zero-order valence-electron chi connectivity index (χ0n) is 18.3. The number of nitrogens with zero attached hydrogens (tertiary/aromatic N) is 4. The Morgan fingerprint density at radius 2 is 1.94 bits per heavy atom. The van der Waals surface area contributed by atoms with Crippen LogP contribution < -0.4 is 5.32 Å². The molecule has 1 amide bonds. The Kier molecular flexibility index (Phi) is 5.85. The zero-order valence-corrected chi connectivity index (χ0v) is 19.1. The van der Waals surface area contributed by atoms with Crippen molar-refractivity contribution in [1.82, 2.24) is 19.6 Å². The number of halogens is 1. The van der Waals surface area contributed by atoms with E-state index in [-0.39, 0.29) is 6.03 Å². The van der Waals surface area contributed by atoms with Crippen LogP contribution in [0.25, 0.3) is 0 Å². The van der Waals surface area contributed by atoms with E-state index in [2.05, 4.69) is 21.9 Å². The Hall–Kier alpha value is -2.35. The van der Waals surface area contributed by atoms with E-state index < -0.39 is 5.60 Å². The van der Waals surface area contributed by atoms with E-state index in [0.29, 0.717) is 22.7 Å². The average molecular weight is 444 g/mol. The van der Waals surface area contributed by atoms with Gasteiger partial charge in [0.15, 0.2) is 5.82 Å². The van der Waals surface area contributed by atoms with Crippen LogP contribution in [0.1, 0.15) is 31.9 Å². The Morgan fingerprint density at radius 3 is 2.55 bits per heavy atom. The third-order valence-corrected chi connectivity index (χ3v) is 6.38. The maximum atomic E-state index is 12.8. The maximum Gasteiger partial charge on any atom is 0.344 e. The van der Waals surface area contributed by atoms with E-state index in [4.69, 9.17) is 11.6 Å². The highest BCUT2D eigenvalue weighted by atomic mass is 35.5. The third-order valence-electron chi connectivity index (χ3n) is 6.05. The maximum absolute atomic E-state index is 12.8. The largest absolute Gasteiger partial charge is 0.386 e. The number of nitrogens with one attached hydrogen (secondary N) is 1. The summed E-state index contributed by atoms with van der Waals surface area (Å²) < 4.78 is 1.40. The van der Waals surface area contributed by atoms with Gasteiger partial charge in [0.1, 0.15) is 0 Å². The van der Waals surface area contributed by atoms with Crippen LogP contribution in [0.5, 0.6) is 0 Å².